The normalized spacial score (nSPS) is 13.1. The molecule has 0 aromatic heterocycles. The molecule has 84 valence electrons. The summed E-state index contributed by atoms with van der Waals surface area (Å²) in [6.45, 7) is 4.34. The van der Waals surface area contributed by atoms with Crippen LogP contribution < -0.4 is 5.73 Å². The van der Waals surface area contributed by atoms with Crippen LogP contribution in [0.15, 0.2) is 24.3 Å². The lowest BCUT2D eigenvalue weighted by molar-refractivity contribution is 0.473. The van der Waals surface area contributed by atoms with Gasteiger partial charge < -0.3 is 5.73 Å². The first kappa shape index (κ1) is 12.2. The molecule has 1 nitrogen and oxygen atoms in total. The largest absolute Gasteiger partial charge is 0.328 e. The average Bonchev–Trinajstić information content (AvgIpc) is 2.14. The van der Waals surface area contributed by atoms with Gasteiger partial charge in [-0.15, -0.1) is 0 Å². The molecule has 1 aromatic rings. The maximum Gasteiger partial charge on any atom is 0.123 e. The molecular weight excluding hydrogens is 189 g/mol. The van der Waals surface area contributed by atoms with Gasteiger partial charge in [0.2, 0.25) is 0 Å². The zero-order valence-corrected chi connectivity index (χ0v) is 9.54. The molecule has 0 spiro atoms. The van der Waals surface area contributed by atoms with E-state index in [0.29, 0.717) is 5.92 Å². The van der Waals surface area contributed by atoms with Crippen LogP contribution in [0.3, 0.4) is 0 Å². The summed E-state index contributed by atoms with van der Waals surface area (Å²) in [5.41, 5.74) is 7.00. The molecule has 0 heterocycles. The van der Waals surface area contributed by atoms with Crippen molar-refractivity contribution in [3.05, 3.63) is 35.6 Å². The Bertz CT molecular complexity index is 296. The minimum absolute atomic E-state index is 0.162. The van der Waals surface area contributed by atoms with Crippen LogP contribution in [0.5, 0.6) is 0 Å². The zero-order chi connectivity index (χ0) is 11.3. The molecule has 2 heteroatoms. The number of rotatable bonds is 5. The third kappa shape index (κ3) is 4.93. The third-order valence-electron chi connectivity index (χ3n) is 2.47. The topological polar surface area (TPSA) is 26.0 Å². The summed E-state index contributed by atoms with van der Waals surface area (Å²) in [6, 6.07) is 6.98. The molecule has 1 aromatic carbocycles. The van der Waals surface area contributed by atoms with E-state index in [-0.39, 0.29) is 11.9 Å². The molecule has 2 N–H and O–H groups in total. The summed E-state index contributed by atoms with van der Waals surface area (Å²) in [4.78, 5) is 0. The summed E-state index contributed by atoms with van der Waals surface area (Å²) in [5.74, 6) is 0.470. The molecule has 0 saturated carbocycles. The average molecular weight is 209 g/mol. The highest BCUT2D eigenvalue weighted by atomic mass is 19.1. The molecule has 0 fully saturated rings. The Labute approximate surface area is 91.5 Å². The quantitative estimate of drug-likeness (QED) is 0.792. The van der Waals surface area contributed by atoms with Crippen LogP contribution in [-0.4, -0.2) is 6.04 Å². The highest BCUT2D eigenvalue weighted by Gasteiger charge is 2.05. The fourth-order valence-electron chi connectivity index (χ4n) is 1.77. The number of nitrogens with two attached hydrogens (primary N) is 1. The molecular formula is C13H20FN. The number of hydrogen-bond donors (Lipinski definition) is 1. The molecule has 0 aliphatic rings. The highest BCUT2D eigenvalue weighted by Crippen LogP contribution is 2.11. The van der Waals surface area contributed by atoms with Crippen molar-refractivity contribution in [2.75, 3.05) is 0 Å². The van der Waals surface area contributed by atoms with E-state index in [9.17, 15) is 4.39 Å². The van der Waals surface area contributed by atoms with Gasteiger partial charge in [-0.2, -0.15) is 0 Å². The summed E-state index contributed by atoms with van der Waals surface area (Å²) in [7, 11) is 0. The Morgan fingerprint density at radius 2 is 2.07 bits per heavy atom. The van der Waals surface area contributed by atoms with Crippen LogP contribution in [0.2, 0.25) is 0 Å². The number of hydrogen-bond acceptors (Lipinski definition) is 1. The summed E-state index contributed by atoms with van der Waals surface area (Å²) in [6.07, 6.45) is 2.84. The predicted molar refractivity (Wildman–Crippen MR) is 62.2 cm³/mol. The molecule has 15 heavy (non-hydrogen) atoms. The van der Waals surface area contributed by atoms with Crippen LogP contribution in [0.4, 0.5) is 4.39 Å². The summed E-state index contributed by atoms with van der Waals surface area (Å²) in [5, 5.41) is 0. The molecule has 0 saturated heterocycles. The minimum atomic E-state index is -0.162. The SMILES string of the molecule is CC(C)CC(N)CCc1cccc(F)c1. The molecule has 1 unspecified atom stereocenters. The van der Waals surface area contributed by atoms with Crippen LogP contribution in [-0.2, 0) is 6.42 Å². The van der Waals surface area contributed by atoms with Crippen molar-refractivity contribution in [3.63, 3.8) is 0 Å². The number of halogens is 1. The summed E-state index contributed by atoms with van der Waals surface area (Å²) < 4.78 is 12.9. The smallest absolute Gasteiger partial charge is 0.123 e. The lowest BCUT2D eigenvalue weighted by Gasteiger charge is -2.13. The van der Waals surface area contributed by atoms with Crippen molar-refractivity contribution < 1.29 is 4.39 Å². The van der Waals surface area contributed by atoms with Crippen molar-refractivity contribution >= 4 is 0 Å². The van der Waals surface area contributed by atoms with Gasteiger partial charge in [0.05, 0.1) is 0 Å². The van der Waals surface area contributed by atoms with Gasteiger partial charge in [0.1, 0.15) is 5.82 Å². The lowest BCUT2D eigenvalue weighted by Crippen LogP contribution is -2.22. The van der Waals surface area contributed by atoms with Crippen molar-refractivity contribution in [2.45, 2.75) is 39.2 Å². The Balaban J connectivity index is 2.36. The molecule has 0 aliphatic heterocycles. The van der Waals surface area contributed by atoms with E-state index in [0.717, 1.165) is 24.8 Å². The molecule has 1 atom stereocenters. The molecule has 0 amide bonds. The van der Waals surface area contributed by atoms with Gasteiger partial charge >= 0.3 is 0 Å². The van der Waals surface area contributed by atoms with Crippen molar-refractivity contribution in [1.29, 1.82) is 0 Å². The Morgan fingerprint density at radius 1 is 1.33 bits per heavy atom. The van der Waals surface area contributed by atoms with E-state index in [1.165, 1.54) is 6.07 Å². The Morgan fingerprint density at radius 3 is 2.67 bits per heavy atom. The van der Waals surface area contributed by atoms with Gasteiger partial charge in [-0.05, 0) is 42.9 Å². The fourth-order valence-corrected chi connectivity index (χ4v) is 1.77. The monoisotopic (exact) mass is 209 g/mol. The highest BCUT2D eigenvalue weighted by molar-refractivity contribution is 5.16. The molecule has 1 rings (SSSR count). The lowest BCUT2D eigenvalue weighted by atomic mass is 9.98. The van der Waals surface area contributed by atoms with E-state index in [1.807, 2.05) is 6.07 Å². The van der Waals surface area contributed by atoms with E-state index in [4.69, 9.17) is 5.73 Å². The van der Waals surface area contributed by atoms with Gasteiger partial charge in [0, 0.05) is 6.04 Å². The van der Waals surface area contributed by atoms with Crippen molar-refractivity contribution in [3.8, 4) is 0 Å². The minimum Gasteiger partial charge on any atom is -0.328 e. The van der Waals surface area contributed by atoms with Crippen LogP contribution in [0.1, 0.15) is 32.3 Å². The van der Waals surface area contributed by atoms with Crippen LogP contribution in [0.25, 0.3) is 0 Å². The second-order valence-electron chi connectivity index (χ2n) is 4.56. The molecule has 0 bridgehead atoms. The second-order valence-corrected chi connectivity index (χ2v) is 4.56. The van der Waals surface area contributed by atoms with Crippen LogP contribution in [0, 0.1) is 11.7 Å². The maximum atomic E-state index is 12.9. The van der Waals surface area contributed by atoms with Crippen molar-refractivity contribution in [2.24, 2.45) is 11.7 Å². The molecule has 0 radical (unpaired) electrons. The van der Waals surface area contributed by atoms with Gasteiger partial charge in [-0.1, -0.05) is 26.0 Å². The Hall–Kier alpha value is -0.890. The van der Waals surface area contributed by atoms with Crippen LogP contribution >= 0.6 is 0 Å². The molecule has 0 aliphatic carbocycles. The van der Waals surface area contributed by atoms with Gasteiger partial charge in [-0.3, -0.25) is 0 Å². The number of benzene rings is 1. The van der Waals surface area contributed by atoms with E-state index >= 15 is 0 Å². The zero-order valence-electron chi connectivity index (χ0n) is 9.54. The van der Waals surface area contributed by atoms with Gasteiger partial charge in [0.25, 0.3) is 0 Å². The fraction of sp³-hybridized carbons (Fsp3) is 0.538. The summed E-state index contributed by atoms with van der Waals surface area (Å²) >= 11 is 0. The maximum absolute atomic E-state index is 12.9. The van der Waals surface area contributed by atoms with Gasteiger partial charge in [-0.25, -0.2) is 4.39 Å². The standard InChI is InChI=1S/C13H20FN/c1-10(2)8-13(15)7-6-11-4-3-5-12(14)9-11/h3-5,9-10,13H,6-8,15H2,1-2H3. The first-order valence-electron chi connectivity index (χ1n) is 5.58. The third-order valence-corrected chi connectivity index (χ3v) is 2.47. The van der Waals surface area contributed by atoms with Crippen molar-refractivity contribution in [1.82, 2.24) is 0 Å². The second kappa shape index (κ2) is 5.86. The first-order chi connectivity index (χ1) is 7.08. The van der Waals surface area contributed by atoms with E-state index < -0.39 is 0 Å². The van der Waals surface area contributed by atoms with E-state index in [1.54, 1.807) is 12.1 Å². The first-order valence-corrected chi connectivity index (χ1v) is 5.58. The van der Waals surface area contributed by atoms with Gasteiger partial charge in [0.15, 0.2) is 0 Å². The number of aryl methyl sites for hydroxylation is 1. The Kier molecular flexibility index (Phi) is 4.76. The van der Waals surface area contributed by atoms with E-state index in [2.05, 4.69) is 13.8 Å². The predicted octanol–water partition coefficient (Wildman–Crippen LogP) is 3.13.